The van der Waals surface area contributed by atoms with Gasteiger partial charge in [-0.1, -0.05) is 48.0 Å². The van der Waals surface area contributed by atoms with E-state index in [1.807, 2.05) is 37.3 Å². The van der Waals surface area contributed by atoms with E-state index >= 15 is 0 Å². The van der Waals surface area contributed by atoms with E-state index < -0.39 is 23.4 Å². The number of hydrogen-bond donors (Lipinski definition) is 1. The Morgan fingerprint density at radius 2 is 1.52 bits per heavy atom. The molecule has 0 bridgehead atoms. The van der Waals surface area contributed by atoms with Crippen molar-refractivity contribution in [1.82, 2.24) is 4.72 Å². The number of hydrogen-bond acceptors (Lipinski definition) is 5. The summed E-state index contributed by atoms with van der Waals surface area (Å²) in [6.07, 6.45) is 0.184. The van der Waals surface area contributed by atoms with Crippen LogP contribution in [0.2, 0.25) is 0 Å². The maximum absolute atomic E-state index is 13.3. The highest BCUT2D eigenvalue weighted by atomic mass is 32.2. The van der Waals surface area contributed by atoms with Crippen LogP contribution in [0.3, 0.4) is 0 Å². The van der Waals surface area contributed by atoms with Gasteiger partial charge >= 0.3 is 7.60 Å². The van der Waals surface area contributed by atoms with Crippen molar-refractivity contribution in [3.63, 3.8) is 0 Å². The Morgan fingerprint density at radius 3 is 2.04 bits per heavy atom. The molecule has 0 spiro atoms. The van der Waals surface area contributed by atoms with Gasteiger partial charge in [0, 0.05) is 6.42 Å². The van der Waals surface area contributed by atoms with E-state index in [9.17, 15) is 13.0 Å². The lowest BCUT2D eigenvalue weighted by molar-refractivity contribution is 0.210. The quantitative estimate of drug-likeness (QED) is 0.595. The standard InChI is InChI=1S/C19H26NO5PS/c1-4-24-26(21,25-5-2)19(15-17-9-7-6-8-10-17)20-27(22,23)18-13-11-16(3)12-14-18/h6-14,19-20H,4-5,15H2,1-3H3. The number of benzene rings is 2. The molecule has 148 valence electrons. The first-order valence-corrected chi connectivity index (χ1v) is 11.9. The van der Waals surface area contributed by atoms with Crippen LogP contribution in [0.25, 0.3) is 0 Å². The zero-order valence-corrected chi connectivity index (χ0v) is 17.5. The molecule has 6 nitrogen and oxygen atoms in total. The minimum atomic E-state index is -3.90. The molecule has 0 aromatic heterocycles. The van der Waals surface area contributed by atoms with Gasteiger partial charge in [-0.2, -0.15) is 4.72 Å². The van der Waals surface area contributed by atoms with Gasteiger partial charge in [0.1, 0.15) is 5.78 Å². The van der Waals surface area contributed by atoms with E-state index in [1.165, 1.54) is 12.1 Å². The fourth-order valence-electron chi connectivity index (χ4n) is 2.60. The first-order valence-electron chi connectivity index (χ1n) is 8.82. The van der Waals surface area contributed by atoms with Crippen molar-refractivity contribution in [2.75, 3.05) is 13.2 Å². The number of rotatable bonds is 10. The molecule has 0 saturated heterocycles. The minimum Gasteiger partial charge on any atom is -0.308 e. The van der Waals surface area contributed by atoms with E-state index in [0.717, 1.165) is 11.1 Å². The third-order valence-electron chi connectivity index (χ3n) is 3.89. The van der Waals surface area contributed by atoms with Crippen molar-refractivity contribution in [3.05, 3.63) is 65.7 Å². The lowest BCUT2D eigenvalue weighted by Crippen LogP contribution is -2.37. The molecule has 0 fully saturated rings. The van der Waals surface area contributed by atoms with Gasteiger partial charge in [0.2, 0.25) is 10.0 Å². The smallest absolute Gasteiger partial charge is 0.308 e. The Kier molecular flexibility index (Phi) is 7.77. The van der Waals surface area contributed by atoms with E-state index in [0.29, 0.717) is 0 Å². The second-order valence-corrected chi connectivity index (χ2v) is 9.95. The van der Waals surface area contributed by atoms with Crippen LogP contribution in [0.4, 0.5) is 0 Å². The molecule has 0 amide bonds. The van der Waals surface area contributed by atoms with Gasteiger partial charge in [-0.05, 0) is 38.5 Å². The van der Waals surface area contributed by atoms with Gasteiger partial charge in [0.05, 0.1) is 18.1 Å². The second-order valence-electron chi connectivity index (χ2n) is 6.02. The van der Waals surface area contributed by atoms with Crippen molar-refractivity contribution in [3.8, 4) is 0 Å². The van der Waals surface area contributed by atoms with Crippen LogP contribution in [-0.4, -0.2) is 27.4 Å². The Hall–Kier alpha value is -1.50. The lowest BCUT2D eigenvalue weighted by Gasteiger charge is -2.27. The van der Waals surface area contributed by atoms with Crippen molar-refractivity contribution in [2.24, 2.45) is 0 Å². The predicted molar refractivity (Wildman–Crippen MR) is 106 cm³/mol. The molecular formula is C19H26NO5PS. The Labute approximate surface area is 161 Å². The average Bonchev–Trinajstić information content (AvgIpc) is 2.63. The molecule has 0 aliphatic heterocycles. The molecular weight excluding hydrogens is 385 g/mol. The van der Waals surface area contributed by atoms with Crippen LogP contribution in [0.1, 0.15) is 25.0 Å². The molecule has 0 aliphatic rings. The first kappa shape index (κ1) is 21.8. The van der Waals surface area contributed by atoms with Gasteiger partial charge in [0.15, 0.2) is 0 Å². The van der Waals surface area contributed by atoms with Crippen LogP contribution >= 0.6 is 7.60 Å². The number of nitrogens with one attached hydrogen (secondary N) is 1. The van der Waals surface area contributed by atoms with Crippen LogP contribution in [-0.2, 0) is 30.1 Å². The Balaban J connectivity index is 2.38. The van der Waals surface area contributed by atoms with Crippen molar-refractivity contribution in [2.45, 2.75) is 37.9 Å². The molecule has 8 heteroatoms. The molecule has 2 aromatic carbocycles. The maximum Gasteiger partial charge on any atom is 0.348 e. The molecule has 0 saturated carbocycles. The molecule has 1 atom stereocenters. The van der Waals surface area contributed by atoms with Crippen LogP contribution < -0.4 is 4.72 Å². The highest BCUT2D eigenvalue weighted by molar-refractivity contribution is 7.89. The van der Waals surface area contributed by atoms with Gasteiger partial charge in [0.25, 0.3) is 0 Å². The summed E-state index contributed by atoms with van der Waals surface area (Å²) in [6, 6.07) is 15.7. The molecule has 0 heterocycles. The zero-order valence-electron chi connectivity index (χ0n) is 15.8. The summed E-state index contributed by atoms with van der Waals surface area (Å²) in [6.45, 7) is 5.56. The van der Waals surface area contributed by atoms with Gasteiger partial charge in [-0.3, -0.25) is 4.57 Å². The Bertz CT molecular complexity index is 859. The molecule has 0 radical (unpaired) electrons. The topological polar surface area (TPSA) is 81.7 Å². The van der Waals surface area contributed by atoms with Crippen molar-refractivity contribution < 1.29 is 22.0 Å². The maximum atomic E-state index is 13.3. The number of sulfonamides is 1. The van der Waals surface area contributed by atoms with Crippen LogP contribution in [0.15, 0.2) is 59.5 Å². The molecule has 1 N–H and O–H groups in total. The third-order valence-corrected chi connectivity index (χ3v) is 7.87. The molecule has 2 aromatic rings. The fraction of sp³-hybridized carbons (Fsp3) is 0.368. The van der Waals surface area contributed by atoms with Gasteiger partial charge < -0.3 is 9.05 Å². The zero-order chi connectivity index (χ0) is 19.9. The van der Waals surface area contributed by atoms with Crippen LogP contribution in [0.5, 0.6) is 0 Å². The summed E-state index contributed by atoms with van der Waals surface area (Å²) in [7, 11) is -7.61. The summed E-state index contributed by atoms with van der Waals surface area (Å²) < 4.78 is 52.4. The number of aryl methyl sites for hydroxylation is 1. The SMILES string of the molecule is CCOP(=O)(OCC)C(Cc1ccccc1)NS(=O)(=O)c1ccc(C)cc1. The van der Waals surface area contributed by atoms with E-state index in [2.05, 4.69) is 4.72 Å². The van der Waals surface area contributed by atoms with Crippen LogP contribution in [0, 0.1) is 6.92 Å². The average molecular weight is 411 g/mol. The van der Waals surface area contributed by atoms with E-state index in [-0.39, 0.29) is 24.5 Å². The summed E-state index contributed by atoms with van der Waals surface area (Å²) in [5.74, 6) is -1.04. The third kappa shape index (κ3) is 5.99. The lowest BCUT2D eigenvalue weighted by atomic mass is 10.1. The van der Waals surface area contributed by atoms with E-state index in [1.54, 1.807) is 26.0 Å². The first-order chi connectivity index (χ1) is 12.8. The molecule has 2 rings (SSSR count). The van der Waals surface area contributed by atoms with Crippen molar-refractivity contribution >= 4 is 17.6 Å². The van der Waals surface area contributed by atoms with Gasteiger partial charge in [-0.25, -0.2) is 8.42 Å². The molecule has 27 heavy (non-hydrogen) atoms. The second kappa shape index (κ2) is 9.62. The minimum absolute atomic E-state index is 0.103. The molecule has 0 aliphatic carbocycles. The van der Waals surface area contributed by atoms with Crippen molar-refractivity contribution in [1.29, 1.82) is 0 Å². The summed E-state index contributed by atoms with van der Waals surface area (Å²) in [4.78, 5) is 0.103. The van der Waals surface area contributed by atoms with E-state index in [4.69, 9.17) is 9.05 Å². The highest BCUT2D eigenvalue weighted by Crippen LogP contribution is 2.53. The normalized spacial score (nSPS) is 13.4. The summed E-state index contributed by atoms with van der Waals surface area (Å²) >= 11 is 0. The highest BCUT2D eigenvalue weighted by Gasteiger charge is 2.38. The summed E-state index contributed by atoms with van der Waals surface area (Å²) in [5, 5.41) is 0. The van der Waals surface area contributed by atoms with Gasteiger partial charge in [-0.15, -0.1) is 0 Å². The monoisotopic (exact) mass is 411 g/mol. The Morgan fingerprint density at radius 1 is 0.963 bits per heavy atom. The predicted octanol–water partition coefficient (Wildman–Crippen LogP) is 4.11. The molecule has 1 unspecified atom stereocenters. The fourth-order valence-corrected chi connectivity index (χ4v) is 6.19. The summed E-state index contributed by atoms with van der Waals surface area (Å²) in [5.41, 5.74) is 1.78. The largest absolute Gasteiger partial charge is 0.348 e.